The van der Waals surface area contributed by atoms with E-state index in [-0.39, 0.29) is 11.1 Å². The van der Waals surface area contributed by atoms with Gasteiger partial charge in [-0.3, -0.25) is 9.69 Å². The van der Waals surface area contributed by atoms with Crippen molar-refractivity contribution in [3.05, 3.63) is 110 Å². The average Bonchev–Trinajstić information content (AvgIpc) is 3.62. The molecule has 0 spiro atoms. The third-order valence-corrected chi connectivity index (χ3v) is 8.28. The summed E-state index contributed by atoms with van der Waals surface area (Å²) in [5, 5.41) is 16.2. The van der Waals surface area contributed by atoms with Crippen molar-refractivity contribution in [1.29, 1.82) is 0 Å². The highest BCUT2D eigenvalue weighted by Crippen LogP contribution is 2.32. The van der Waals surface area contributed by atoms with Gasteiger partial charge >= 0.3 is 0 Å². The zero-order chi connectivity index (χ0) is 26.7. The Morgan fingerprint density at radius 1 is 1.08 bits per heavy atom. The second-order valence-electron chi connectivity index (χ2n) is 10.4. The number of tetrazole rings is 1. The zero-order valence-corrected chi connectivity index (χ0v) is 23.2. The van der Waals surface area contributed by atoms with Gasteiger partial charge in [0.05, 0.1) is 11.1 Å². The molecule has 38 heavy (non-hydrogen) atoms. The van der Waals surface area contributed by atoms with Crippen molar-refractivity contribution in [3.8, 4) is 0 Å². The second kappa shape index (κ2) is 11.0. The highest BCUT2D eigenvalue weighted by molar-refractivity contribution is 7.09. The standard InChI is InChI=1S/C30H34N6OS/c1-5-30(3,4)36-28(32-33-34-36)27(25-19-23-14-9-11-21(2)26(23)31-29(25)37)35(20-24-15-10-18-38-24)17-16-22-12-7-6-8-13-22/h6-15,18-19,27H,5,16-17,20H2,1-4H3,(H,31,37). The molecule has 5 rings (SSSR count). The number of para-hydroxylation sites is 1. The number of aromatic amines is 1. The second-order valence-corrected chi connectivity index (χ2v) is 11.4. The molecule has 3 aromatic heterocycles. The van der Waals surface area contributed by atoms with Crippen molar-refractivity contribution in [2.75, 3.05) is 6.54 Å². The number of aryl methyl sites for hydroxylation is 1. The van der Waals surface area contributed by atoms with E-state index in [4.69, 9.17) is 0 Å². The normalized spacial score (nSPS) is 12.9. The molecule has 1 N–H and O–H groups in total. The largest absolute Gasteiger partial charge is 0.321 e. The van der Waals surface area contributed by atoms with E-state index in [2.05, 4.69) is 88.0 Å². The smallest absolute Gasteiger partial charge is 0.253 e. The predicted octanol–water partition coefficient (Wildman–Crippen LogP) is 5.86. The number of benzene rings is 2. The van der Waals surface area contributed by atoms with Crippen LogP contribution in [-0.4, -0.2) is 36.6 Å². The molecule has 1 unspecified atom stereocenters. The topological polar surface area (TPSA) is 79.7 Å². The van der Waals surface area contributed by atoms with Crippen LogP contribution >= 0.6 is 11.3 Å². The molecule has 0 radical (unpaired) electrons. The summed E-state index contributed by atoms with van der Waals surface area (Å²) < 4.78 is 1.90. The summed E-state index contributed by atoms with van der Waals surface area (Å²) in [7, 11) is 0. The van der Waals surface area contributed by atoms with Gasteiger partial charge in [-0.05, 0) is 78.1 Å². The molecule has 3 heterocycles. The highest BCUT2D eigenvalue weighted by atomic mass is 32.1. The lowest BCUT2D eigenvalue weighted by Crippen LogP contribution is -2.39. The molecule has 2 aromatic carbocycles. The molecule has 0 saturated carbocycles. The lowest BCUT2D eigenvalue weighted by Gasteiger charge is -2.33. The summed E-state index contributed by atoms with van der Waals surface area (Å²) in [6, 6.07) is 22.4. The molecule has 1 atom stereocenters. The molecule has 0 aliphatic heterocycles. The van der Waals surface area contributed by atoms with E-state index in [1.807, 2.05) is 41.9 Å². The average molecular weight is 527 g/mol. The monoisotopic (exact) mass is 526 g/mol. The van der Waals surface area contributed by atoms with E-state index in [0.29, 0.717) is 17.9 Å². The van der Waals surface area contributed by atoms with Crippen LogP contribution in [0.4, 0.5) is 0 Å². The van der Waals surface area contributed by atoms with Crippen molar-refractivity contribution in [2.45, 2.75) is 58.7 Å². The minimum atomic E-state index is -0.435. The number of H-pyrrole nitrogens is 1. The van der Waals surface area contributed by atoms with Gasteiger partial charge in [0.25, 0.3) is 5.56 Å². The molecule has 196 valence electrons. The Labute approximate surface area is 227 Å². The number of hydrogen-bond acceptors (Lipinski definition) is 6. The molecule has 0 fully saturated rings. The number of pyridine rings is 1. The van der Waals surface area contributed by atoms with Gasteiger partial charge in [0.2, 0.25) is 0 Å². The summed E-state index contributed by atoms with van der Waals surface area (Å²) in [5.74, 6) is 0.680. The quantitative estimate of drug-likeness (QED) is 0.246. The van der Waals surface area contributed by atoms with Crippen LogP contribution < -0.4 is 5.56 Å². The number of fused-ring (bicyclic) bond motifs is 1. The lowest BCUT2D eigenvalue weighted by atomic mass is 9.98. The van der Waals surface area contributed by atoms with Crippen LogP contribution in [-0.2, 0) is 18.5 Å². The van der Waals surface area contributed by atoms with Crippen LogP contribution in [0.25, 0.3) is 10.9 Å². The molecule has 0 aliphatic carbocycles. The fourth-order valence-corrected chi connectivity index (χ4v) is 5.60. The van der Waals surface area contributed by atoms with Crippen LogP contribution in [0.15, 0.2) is 76.9 Å². The number of nitrogens with zero attached hydrogens (tertiary/aromatic N) is 5. The molecule has 0 saturated heterocycles. The number of aromatic nitrogens is 5. The van der Waals surface area contributed by atoms with E-state index < -0.39 is 6.04 Å². The molecular formula is C30H34N6OS. The van der Waals surface area contributed by atoms with Crippen molar-refractivity contribution in [1.82, 2.24) is 30.1 Å². The first-order chi connectivity index (χ1) is 18.4. The first-order valence-electron chi connectivity index (χ1n) is 13.1. The van der Waals surface area contributed by atoms with Crippen LogP contribution in [0.3, 0.4) is 0 Å². The van der Waals surface area contributed by atoms with E-state index in [1.54, 1.807) is 11.3 Å². The predicted molar refractivity (Wildman–Crippen MR) is 153 cm³/mol. The van der Waals surface area contributed by atoms with Crippen molar-refractivity contribution in [2.24, 2.45) is 0 Å². The van der Waals surface area contributed by atoms with Gasteiger partial charge in [-0.1, -0.05) is 61.5 Å². The van der Waals surface area contributed by atoms with Gasteiger partial charge in [0.15, 0.2) is 5.82 Å². The SMILES string of the molecule is CCC(C)(C)n1nnnc1C(c1cc2cccc(C)c2[nH]c1=O)N(CCc1ccccc1)Cc1cccs1. The number of nitrogens with one attached hydrogen (secondary N) is 1. The van der Waals surface area contributed by atoms with Gasteiger partial charge in [-0.15, -0.1) is 16.4 Å². The summed E-state index contributed by atoms with van der Waals surface area (Å²) in [6.45, 7) is 9.82. The highest BCUT2D eigenvalue weighted by Gasteiger charge is 2.34. The molecule has 0 amide bonds. The molecule has 5 aromatic rings. The number of thiophene rings is 1. The maximum atomic E-state index is 13.8. The number of hydrogen-bond donors (Lipinski definition) is 1. The van der Waals surface area contributed by atoms with Crippen LogP contribution in [0, 0.1) is 6.92 Å². The molecule has 0 aliphatic rings. The Morgan fingerprint density at radius 3 is 2.63 bits per heavy atom. The summed E-state index contributed by atoms with van der Waals surface area (Å²) in [6.07, 6.45) is 1.69. The van der Waals surface area contributed by atoms with E-state index in [0.717, 1.165) is 35.9 Å². The Kier molecular flexibility index (Phi) is 7.53. The molecule has 8 heteroatoms. The fraction of sp³-hybridized carbons (Fsp3) is 0.333. The van der Waals surface area contributed by atoms with Gasteiger partial charge in [0.1, 0.15) is 6.04 Å². The lowest BCUT2D eigenvalue weighted by molar-refractivity contribution is 0.191. The Bertz CT molecular complexity index is 1550. The van der Waals surface area contributed by atoms with E-state index >= 15 is 0 Å². The third-order valence-electron chi connectivity index (χ3n) is 7.42. The summed E-state index contributed by atoms with van der Waals surface area (Å²) in [4.78, 5) is 20.5. The van der Waals surface area contributed by atoms with Crippen LogP contribution in [0.1, 0.15) is 60.6 Å². The number of rotatable bonds is 10. The summed E-state index contributed by atoms with van der Waals surface area (Å²) >= 11 is 1.72. The minimum absolute atomic E-state index is 0.114. The van der Waals surface area contributed by atoms with Gasteiger partial charge in [0, 0.05) is 23.5 Å². The summed E-state index contributed by atoms with van der Waals surface area (Å²) in [5.41, 5.74) is 3.37. The Balaban J connectivity index is 1.68. The zero-order valence-electron chi connectivity index (χ0n) is 22.4. The minimum Gasteiger partial charge on any atom is -0.321 e. The van der Waals surface area contributed by atoms with E-state index in [9.17, 15) is 4.79 Å². The molecular weight excluding hydrogens is 492 g/mol. The van der Waals surface area contributed by atoms with Crippen molar-refractivity contribution in [3.63, 3.8) is 0 Å². The first-order valence-corrected chi connectivity index (χ1v) is 14.0. The van der Waals surface area contributed by atoms with E-state index in [1.165, 1.54) is 10.4 Å². The Hall–Kier alpha value is -3.62. The molecule has 7 nitrogen and oxygen atoms in total. The van der Waals surface area contributed by atoms with Crippen LogP contribution in [0.2, 0.25) is 0 Å². The van der Waals surface area contributed by atoms with Crippen LogP contribution in [0.5, 0.6) is 0 Å². The van der Waals surface area contributed by atoms with Gasteiger partial charge in [-0.25, -0.2) is 4.68 Å². The first kappa shape index (κ1) is 26.0. The Morgan fingerprint density at radius 2 is 1.89 bits per heavy atom. The van der Waals surface area contributed by atoms with Crippen molar-refractivity contribution < 1.29 is 0 Å². The van der Waals surface area contributed by atoms with Crippen molar-refractivity contribution >= 4 is 22.2 Å². The maximum Gasteiger partial charge on any atom is 0.253 e. The third kappa shape index (κ3) is 5.33. The van der Waals surface area contributed by atoms with Gasteiger partial charge < -0.3 is 4.98 Å². The molecule has 0 bridgehead atoms. The maximum absolute atomic E-state index is 13.8. The van der Waals surface area contributed by atoms with Gasteiger partial charge in [-0.2, -0.15) is 0 Å². The fourth-order valence-electron chi connectivity index (χ4n) is 4.87.